The molecule has 0 spiro atoms. The lowest BCUT2D eigenvalue weighted by Crippen LogP contribution is -2.48. The van der Waals surface area contributed by atoms with Crippen molar-refractivity contribution in [2.45, 2.75) is 32.2 Å². The largest absolute Gasteiger partial charge is 0.480 e. The van der Waals surface area contributed by atoms with Crippen molar-refractivity contribution < 1.29 is 14.7 Å². The van der Waals surface area contributed by atoms with Crippen molar-refractivity contribution in [2.75, 3.05) is 44.2 Å². The maximum Gasteiger partial charge on any atom is 0.326 e. The van der Waals surface area contributed by atoms with Gasteiger partial charge in [0.15, 0.2) is 0 Å². The number of likely N-dealkylation sites (tertiary alicyclic amines) is 1. The first-order valence-corrected chi connectivity index (χ1v) is 9.11. The fourth-order valence-corrected chi connectivity index (χ4v) is 3.77. The van der Waals surface area contributed by atoms with E-state index < -0.39 is 12.0 Å². The first kappa shape index (κ1) is 17.7. The molecule has 1 unspecified atom stereocenters. The minimum Gasteiger partial charge on any atom is -0.480 e. The average molecular weight is 345 g/mol. The number of aliphatic carboxylic acids is 1. The van der Waals surface area contributed by atoms with E-state index in [9.17, 15) is 14.7 Å². The number of piperazine rings is 1. The number of rotatable bonds is 5. The van der Waals surface area contributed by atoms with Gasteiger partial charge in [0.05, 0.1) is 0 Å². The van der Waals surface area contributed by atoms with Crippen LogP contribution in [0.25, 0.3) is 0 Å². The second-order valence-corrected chi connectivity index (χ2v) is 7.00. The molecule has 1 atom stereocenters. The molecule has 1 aromatic carbocycles. The van der Waals surface area contributed by atoms with E-state index in [1.54, 1.807) is 4.90 Å². The molecular formula is C19H27N3O3. The molecule has 2 aliphatic heterocycles. The number of hydrogen-bond donors (Lipinski definition) is 1. The molecule has 1 aromatic rings. The van der Waals surface area contributed by atoms with Crippen molar-refractivity contribution in [1.82, 2.24) is 9.80 Å². The van der Waals surface area contributed by atoms with Gasteiger partial charge < -0.3 is 14.9 Å². The van der Waals surface area contributed by atoms with Gasteiger partial charge in [-0.2, -0.15) is 0 Å². The van der Waals surface area contributed by atoms with Crippen LogP contribution in [0.3, 0.4) is 0 Å². The molecule has 2 heterocycles. The van der Waals surface area contributed by atoms with E-state index in [1.165, 1.54) is 11.3 Å². The van der Waals surface area contributed by atoms with E-state index in [-0.39, 0.29) is 5.91 Å². The van der Waals surface area contributed by atoms with Crippen molar-refractivity contribution in [3.05, 3.63) is 29.8 Å². The summed E-state index contributed by atoms with van der Waals surface area (Å²) in [5.41, 5.74) is 2.53. The third-order valence-corrected chi connectivity index (χ3v) is 5.24. The van der Waals surface area contributed by atoms with Crippen LogP contribution in [0, 0.1) is 6.92 Å². The lowest BCUT2D eigenvalue weighted by atomic mass is 10.2. The predicted octanol–water partition coefficient (Wildman–Crippen LogP) is 1.58. The van der Waals surface area contributed by atoms with Gasteiger partial charge in [-0.15, -0.1) is 0 Å². The third-order valence-electron chi connectivity index (χ3n) is 5.24. The van der Waals surface area contributed by atoms with Crippen molar-refractivity contribution in [3.63, 3.8) is 0 Å². The second kappa shape index (κ2) is 7.87. The monoisotopic (exact) mass is 345 g/mol. The van der Waals surface area contributed by atoms with Gasteiger partial charge in [0, 0.05) is 51.4 Å². The van der Waals surface area contributed by atoms with E-state index in [0.29, 0.717) is 25.9 Å². The Morgan fingerprint density at radius 1 is 1.16 bits per heavy atom. The first-order chi connectivity index (χ1) is 12.0. The molecule has 25 heavy (non-hydrogen) atoms. The number of anilines is 1. The zero-order chi connectivity index (χ0) is 17.8. The summed E-state index contributed by atoms with van der Waals surface area (Å²) in [5.74, 6) is -0.899. The summed E-state index contributed by atoms with van der Waals surface area (Å²) in [6.07, 6.45) is 1.78. The van der Waals surface area contributed by atoms with Gasteiger partial charge in [-0.1, -0.05) is 12.1 Å². The van der Waals surface area contributed by atoms with Crippen molar-refractivity contribution in [3.8, 4) is 0 Å². The van der Waals surface area contributed by atoms with Gasteiger partial charge >= 0.3 is 5.97 Å². The summed E-state index contributed by atoms with van der Waals surface area (Å²) in [6, 6.07) is 7.92. The number of nitrogens with zero attached hydrogens (tertiary/aromatic N) is 3. The van der Waals surface area contributed by atoms with Crippen LogP contribution in [0.5, 0.6) is 0 Å². The van der Waals surface area contributed by atoms with Crippen LogP contribution in [-0.4, -0.2) is 72.1 Å². The molecule has 6 nitrogen and oxygen atoms in total. The molecular weight excluding hydrogens is 318 g/mol. The number of hydrogen-bond acceptors (Lipinski definition) is 4. The highest BCUT2D eigenvalue weighted by atomic mass is 16.4. The minimum absolute atomic E-state index is 0.0222. The Morgan fingerprint density at radius 2 is 1.92 bits per heavy atom. The van der Waals surface area contributed by atoms with Gasteiger partial charge in [0.1, 0.15) is 6.04 Å². The van der Waals surface area contributed by atoms with Crippen molar-refractivity contribution in [1.29, 1.82) is 0 Å². The molecule has 1 N–H and O–H groups in total. The summed E-state index contributed by atoms with van der Waals surface area (Å²) < 4.78 is 0. The third kappa shape index (κ3) is 4.31. The highest BCUT2D eigenvalue weighted by Gasteiger charge is 2.33. The smallest absolute Gasteiger partial charge is 0.326 e. The Kier molecular flexibility index (Phi) is 5.58. The number of amides is 1. The van der Waals surface area contributed by atoms with Gasteiger partial charge in [0.2, 0.25) is 5.91 Å². The van der Waals surface area contributed by atoms with Gasteiger partial charge in [0.25, 0.3) is 0 Å². The highest BCUT2D eigenvalue weighted by molar-refractivity contribution is 5.84. The summed E-state index contributed by atoms with van der Waals surface area (Å²) in [7, 11) is 0. The summed E-state index contributed by atoms with van der Waals surface area (Å²) in [6.45, 7) is 7.18. The standard InChI is InChI=1S/C19H27N3O3/c1-15-4-2-5-16(14-15)21-12-10-20(11-13-21)9-7-18(23)22-8-3-6-17(22)19(24)25/h2,4-5,14,17H,3,6-13H2,1H3,(H,24,25). The molecule has 3 rings (SSSR count). The summed E-state index contributed by atoms with van der Waals surface area (Å²) in [5, 5.41) is 9.20. The summed E-state index contributed by atoms with van der Waals surface area (Å²) in [4.78, 5) is 29.8. The minimum atomic E-state index is -0.877. The van der Waals surface area contributed by atoms with Crippen LogP contribution in [0.4, 0.5) is 5.69 Å². The molecule has 6 heteroatoms. The molecule has 1 amide bonds. The molecule has 0 radical (unpaired) electrons. The Morgan fingerprint density at radius 3 is 2.60 bits per heavy atom. The lowest BCUT2D eigenvalue weighted by molar-refractivity contribution is -0.148. The van der Waals surface area contributed by atoms with Crippen molar-refractivity contribution >= 4 is 17.6 Å². The molecule has 2 aliphatic rings. The molecule has 0 bridgehead atoms. The second-order valence-electron chi connectivity index (χ2n) is 7.00. The Hall–Kier alpha value is -2.08. The quantitative estimate of drug-likeness (QED) is 0.878. The fourth-order valence-electron chi connectivity index (χ4n) is 3.77. The zero-order valence-electron chi connectivity index (χ0n) is 14.9. The van der Waals surface area contributed by atoms with E-state index >= 15 is 0 Å². The van der Waals surface area contributed by atoms with E-state index in [1.807, 2.05) is 0 Å². The maximum atomic E-state index is 12.4. The van der Waals surface area contributed by atoms with E-state index in [0.717, 1.165) is 32.6 Å². The number of carbonyl (C=O) groups is 2. The Labute approximate surface area is 149 Å². The molecule has 0 aromatic heterocycles. The van der Waals surface area contributed by atoms with E-state index in [2.05, 4.69) is 41.0 Å². The van der Waals surface area contributed by atoms with Crippen LogP contribution in [0.15, 0.2) is 24.3 Å². The predicted molar refractivity (Wildman–Crippen MR) is 96.8 cm³/mol. The van der Waals surface area contributed by atoms with Crippen LogP contribution in [0.2, 0.25) is 0 Å². The number of carboxylic acid groups (broad SMARTS) is 1. The van der Waals surface area contributed by atoms with Gasteiger partial charge in [-0.3, -0.25) is 9.69 Å². The molecule has 2 saturated heterocycles. The normalized spacial score (nSPS) is 21.6. The van der Waals surface area contributed by atoms with Crippen LogP contribution in [0.1, 0.15) is 24.8 Å². The summed E-state index contributed by atoms with van der Waals surface area (Å²) >= 11 is 0. The average Bonchev–Trinajstić information content (AvgIpc) is 3.10. The molecule has 136 valence electrons. The SMILES string of the molecule is Cc1cccc(N2CCN(CCC(=O)N3CCCC3C(=O)O)CC2)c1. The Bertz CT molecular complexity index is 626. The van der Waals surface area contributed by atoms with Crippen LogP contribution in [-0.2, 0) is 9.59 Å². The molecule has 2 fully saturated rings. The fraction of sp³-hybridized carbons (Fsp3) is 0.579. The molecule has 0 aliphatic carbocycles. The maximum absolute atomic E-state index is 12.4. The topological polar surface area (TPSA) is 64.1 Å². The first-order valence-electron chi connectivity index (χ1n) is 9.11. The number of carboxylic acids is 1. The zero-order valence-corrected chi connectivity index (χ0v) is 14.9. The molecule has 0 saturated carbocycles. The van der Waals surface area contributed by atoms with Crippen LogP contribution >= 0.6 is 0 Å². The Balaban J connectivity index is 1.45. The van der Waals surface area contributed by atoms with Gasteiger partial charge in [-0.25, -0.2) is 4.79 Å². The highest BCUT2D eigenvalue weighted by Crippen LogP contribution is 2.20. The van der Waals surface area contributed by atoms with Gasteiger partial charge in [-0.05, 0) is 37.5 Å². The number of benzene rings is 1. The van der Waals surface area contributed by atoms with Crippen molar-refractivity contribution in [2.24, 2.45) is 0 Å². The number of aryl methyl sites for hydroxylation is 1. The number of carbonyl (C=O) groups excluding carboxylic acids is 1. The lowest BCUT2D eigenvalue weighted by Gasteiger charge is -2.36. The van der Waals surface area contributed by atoms with Crippen LogP contribution < -0.4 is 4.90 Å². The van der Waals surface area contributed by atoms with E-state index in [4.69, 9.17) is 0 Å².